The summed E-state index contributed by atoms with van der Waals surface area (Å²) in [7, 11) is -4.08. The summed E-state index contributed by atoms with van der Waals surface area (Å²) >= 11 is 7.66. The maximum absolute atomic E-state index is 14.1. The van der Waals surface area contributed by atoms with E-state index in [0.717, 1.165) is 22.3 Å². The standard InChI is InChI=1S/C17H13ClFNO2S2/c1-10-2-3-11(6-15(10)18)13-8-23-9-14(13)12-4-5-17(16(19)7-12)24(20,21)22/h2-9H,1H3,(H2,20,21,22). The molecule has 0 aliphatic heterocycles. The zero-order valence-corrected chi connectivity index (χ0v) is 15.0. The molecule has 1 heterocycles. The van der Waals surface area contributed by atoms with Gasteiger partial charge < -0.3 is 0 Å². The highest BCUT2D eigenvalue weighted by Gasteiger charge is 2.17. The van der Waals surface area contributed by atoms with Gasteiger partial charge in [-0.3, -0.25) is 0 Å². The highest BCUT2D eigenvalue weighted by molar-refractivity contribution is 7.89. The maximum atomic E-state index is 14.1. The SMILES string of the molecule is Cc1ccc(-c2cscc2-c2ccc(S(N)(=O)=O)c(F)c2)cc1Cl. The molecule has 1 aromatic heterocycles. The third-order valence-electron chi connectivity index (χ3n) is 3.69. The van der Waals surface area contributed by atoms with E-state index in [0.29, 0.717) is 10.6 Å². The minimum absolute atomic E-state index is 0.513. The first-order valence-electron chi connectivity index (χ1n) is 6.93. The number of halogens is 2. The van der Waals surface area contributed by atoms with Crippen LogP contribution >= 0.6 is 22.9 Å². The molecular weight excluding hydrogens is 369 g/mol. The number of thiophene rings is 1. The zero-order valence-electron chi connectivity index (χ0n) is 12.6. The molecule has 0 aliphatic carbocycles. The molecule has 2 aromatic carbocycles. The molecule has 0 atom stereocenters. The van der Waals surface area contributed by atoms with Crippen molar-refractivity contribution >= 4 is 33.0 Å². The van der Waals surface area contributed by atoms with Crippen LogP contribution in [0.4, 0.5) is 4.39 Å². The van der Waals surface area contributed by atoms with Crippen molar-refractivity contribution in [1.82, 2.24) is 0 Å². The van der Waals surface area contributed by atoms with E-state index in [1.54, 1.807) is 6.07 Å². The topological polar surface area (TPSA) is 60.2 Å². The quantitative estimate of drug-likeness (QED) is 0.706. The first-order chi connectivity index (χ1) is 11.3. The summed E-state index contributed by atoms with van der Waals surface area (Å²) in [6, 6.07) is 9.64. The van der Waals surface area contributed by atoms with Crippen LogP contribution in [0.15, 0.2) is 52.1 Å². The molecule has 124 valence electrons. The average molecular weight is 382 g/mol. The van der Waals surface area contributed by atoms with Gasteiger partial charge in [-0.15, -0.1) is 0 Å². The predicted molar refractivity (Wildman–Crippen MR) is 96.3 cm³/mol. The van der Waals surface area contributed by atoms with Crippen LogP contribution in [0.1, 0.15) is 5.56 Å². The normalized spacial score (nSPS) is 11.7. The van der Waals surface area contributed by atoms with E-state index in [2.05, 4.69) is 0 Å². The zero-order chi connectivity index (χ0) is 17.5. The smallest absolute Gasteiger partial charge is 0.225 e. The molecule has 0 bridgehead atoms. The number of rotatable bonds is 3. The van der Waals surface area contributed by atoms with Crippen LogP contribution in [-0.2, 0) is 10.0 Å². The molecule has 3 rings (SSSR count). The lowest BCUT2D eigenvalue weighted by atomic mass is 9.98. The van der Waals surface area contributed by atoms with Gasteiger partial charge in [0.25, 0.3) is 0 Å². The van der Waals surface area contributed by atoms with Crippen molar-refractivity contribution < 1.29 is 12.8 Å². The van der Waals surface area contributed by atoms with Gasteiger partial charge in [0, 0.05) is 16.1 Å². The number of aryl methyl sites for hydroxylation is 1. The van der Waals surface area contributed by atoms with Gasteiger partial charge in [-0.1, -0.05) is 29.8 Å². The third kappa shape index (κ3) is 3.23. The molecule has 3 aromatic rings. The summed E-state index contributed by atoms with van der Waals surface area (Å²) in [5.74, 6) is -0.867. The average Bonchev–Trinajstić information content (AvgIpc) is 2.98. The molecule has 0 spiro atoms. The van der Waals surface area contributed by atoms with Crippen LogP contribution in [0, 0.1) is 12.7 Å². The Balaban J connectivity index is 2.11. The first-order valence-corrected chi connectivity index (χ1v) is 9.79. The Kier molecular flexibility index (Phi) is 4.48. The molecule has 0 saturated carbocycles. The second-order valence-electron chi connectivity index (χ2n) is 5.35. The van der Waals surface area contributed by atoms with E-state index in [1.165, 1.54) is 23.5 Å². The predicted octanol–water partition coefficient (Wildman–Crippen LogP) is 4.83. The Labute approximate surface area is 148 Å². The number of primary sulfonamides is 1. The lowest BCUT2D eigenvalue weighted by Crippen LogP contribution is -2.13. The van der Waals surface area contributed by atoms with Gasteiger partial charge in [0.05, 0.1) is 0 Å². The summed E-state index contributed by atoms with van der Waals surface area (Å²) in [5.41, 5.74) is 4.18. The highest BCUT2D eigenvalue weighted by Crippen LogP contribution is 2.37. The molecule has 0 saturated heterocycles. The lowest BCUT2D eigenvalue weighted by Gasteiger charge is -2.08. The van der Waals surface area contributed by atoms with Gasteiger partial charge in [0.15, 0.2) is 0 Å². The van der Waals surface area contributed by atoms with Crippen molar-refractivity contribution in [2.75, 3.05) is 0 Å². The summed E-state index contributed by atoms with van der Waals surface area (Å²) in [5, 5.41) is 9.48. The lowest BCUT2D eigenvalue weighted by molar-refractivity contribution is 0.568. The van der Waals surface area contributed by atoms with E-state index in [-0.39, 0.29) is 0 Å². The number of sulfonamides is 1. The Morgan fingerprint density at radius 1 is 1.04 bits per heavy atom. The van der Waals surface area contributed by atoms with Gasteiger partial charge in [-0.05, 0) is 52.6 Å². The van der Waals surface area contributed by atoms with Crippen LogP contribution in [0.2, 0.25) is 5.02 Å². The Bertz CT molecular complexity index is 1030. The number of hydrogen-bond donors (Lipinski definition) is 1. The molecule has 2 N–H and O–H groups in total. The van der Waals surface area contributed by atoms with Gasteiger partial charge >= 0.3 is 0 Å². The van der Waals surface area contributed by atoms with E-state index in [1.807, 2.05) is 35.9 Å². The van der Waals surface area contributed by atoms with Gasteiger partial charge in [-0.25, -0.2) is 17.9 Å². The molecule has 0 unspecified atom stereocenters. The molecule has 0 aliphatic rings. The highest BCUT2D eigenvalue weighted by atomic mass is 35.5. The van der Waals surface area contributed by atoms with Crippen molar-refractivity contribution in [3.8, 4) is 22.3 Å². The summed E-state index contributed by atoms with van der Waals surface area (Å²) < 4.78 is 36.8. The summed E-state index contributed by atoms with van der Waals surface area (Å²) in [6.07, 6.45) is 0. The molecule has 3 nitrogen and oxygen atoms in total. The monoisotopic (exact) mass is 381 g/mol. The molecule has 7 heteroatoms. The van der Waals surface area contributed by atoms with Crippen LogP contribution < -0.4 is 5.14 Å². The van der Waals surface area contributed by atoms with Gasteiger partial charge in [0.2, 0.25) is 10.0 Å². The van der Waals surface area contributed by atoms with Crippen molar-refractivity contribution in [1.29, 1.82) is 0 Å². The number of nitrogens with two attached hydrogens (primary N) is 1. The summed E-state index contributed by atoms with van der Waals surface area (Å²) in [6.45, 7) is 1.92. The van der Waals surface area contributed by atoms with Crippen LogP contribution in [0.3, 0.4) is 0 Å². The molecule has 24 heavy (non-hydrogen) atoms. The van der Waals surface area contributed by atoms with Crippen molar-refractivity contribution in [2.45, 2.75) is 11.8 Å². The van der Waals surface area contributed by atoms with E-state index in [4.69, 9.17) is 16.7 Å². The second-order valence-corrected chi connectivity index (χ2v) is 8.03. The minimum Gasteiger partial charge on any atom is -0.225 e. The largest absolute Gasteiger partial charge is 0.240 e. The van der Waals surface area contributed by atoms with Crippen LogP contribution in [0.5, 0.6) is 0 Å². The fraction of sp³-hybridized carbons (Fsp3) is 0.0588. The van der Waals surface area contributed by atoms with E-state index < -0.39 is 20.7 Å². The molecule has 0 radical (unpaired) electrons. The fourth-order valence-corrected chi connectivity index (χ4v) is 4.04. The van der Waals surface area contributed by atoms with Crippen molar-refractivity contribution in [2.24, 2.45) is 5.14 Å². The molecule has 0 amide bonds. The summed E-state index contributed by atoms with van der Waals surface area (Å²) in [4.78, 5) is -0.513. The Hall–Kier alpha value is -1.73. The van der Waals surface area contributed by atoms with Crippen LogP contribution in [0.25, 0.3) is 22.3 Å². The first kappa shape index (κ1) is 17.1. The minimum atomic E-state index is -4.08. The Morgan fingerprint density at radius 2 is 1.62 bits per heavy atom. The van der Waals surface area contributed by atoms with E-state index >= 15 is 0 Å². The Morgan fingerprint density at radius 3 is 2.17 bits per heavy atom. The third-order valence-corrected chi connectivity index (χ3v) is 5.79. The van der Waals surface area contributed by atoms with E-state index in [9.17, 15) is 12.8 Å². The molecule has 0 fully saturated rings. The van der Waals surface area contributed by atoms with Crippen molar-refractivity contribution in [3.05, 3.63) is 63.6 Å². The second kappa shape index (κ2) is 6.29. The van der Waals surface area contributed by atoms with Crippen molar-refractivity contribution in [3.63, 3.8) is 0 Å². The molecular formula is C17H13ClFNO2S2. The number of hydrogen-bond acceptors (Lipinski definition) is 3. The fourth-order valence-electron chi connectivity index (χ4n) is 2.40. The van der Waals surface area contributed by atoms with Gasteiger partial charge in [0.1, 0.15) is 10.7 Å². The maximum Gasteiger partial charge on any atom is 0.240 e. The number of benzene rings is 2. The van der Waals surface area contributed by atoms with Gasteiger partial charge in [-0.2, -0.15) is 11.3 Å². The van der Waals surface area contributed by atoms with Crippen LogP contribution in [-0.4, -0.2) is 8.42 Å².